The van der Waals surface area contributed by atoms with E-state index >= 15 is 0 Å². The predicted molar refractivity (Wildman–Crippen MR) is 157 cm³/mol. The van der Waals surface area contributed by atoms with Crippen LogP contribution in [-0.4, -0.2) is 46.6 Å². The molecule has 45 heavy (non-hydrogen) atoms. The number of carbonyl (C=O) groups is 1. The Bertz CT molecular complexity index is 1420. The number of fused-ring (bicyclic) bond motifs is 1. The topological polar surface area (TPSA) is 96.2 Å². The number of halogens is 5. The monoisotopic (exact) mass is 636 g/mol. The third-order valence-electron chi connectivity index (χ3n) is 8.49. The van der Waals surface area contributed by atoms with Crippen molar-refractivity contribution in [1.82, 2.24) is 0 Å². The summed E-state index contributed by atoms with van der Waals surface area (Å²) >= 11 is 0. The molecule has 4 rings (SSSR count). The van der Waals surface area contributed by atoms with Gasteiger partial charge in [-0.3, -0.25) is 4.79 Å². The predicted octanol–water partition coefficient (Wildman–Crippen LogP) is 8.59. The van der Waals surface area contributed by atoms with Crippen molar-refractivity contribution in [1.29, 1.82) is 0 Å². The highest BCUT2D eigenvalue weighted by Gasteiger charge is 2.56. The molecular formula is C34H37F5O6. The highest BCUT2D eigenvalue weighted by atomic mass is 19.4. The first-order valence-corrected chi connectivity index (χ1v) is 14.9. The Balaban J connectivity index is 1.32. The largest absolute Gasteiger partial charge is 0.508 e. The van der Waals surface area contributed by atoms with Crippen LogP contribution in [0.3, 0.4) is 0 Å². The van der Waals surface area contributed by atoms with Crippen LogP contribution in [0.4, 0.5) is 22.0 Å². The smallest absolute Gasteiger partial charge is 0.453 e. The van der Waals surface area contributed by atoms with Crippen molar-refractivity contribution in [3.8, 4) is 23.0 Å². The van der Waals surface area contributed by atoms with Gasteiger partial charge in [0.25, 0.3) is 0 Å². The number of aromatic hydroxyl groups is 2. The number of aliphatic carboxylic acids is 1. The zero-order valence-corrected chi connectivity index (χ0v) is 24.8. The van der Waals surface area contributed by atoms with Gasteiger partial charge in [0, 0.05) is 29.4 Å². The van der Waals surface area contributed by atoms with Gasteiger partial charge < -0.3 is 24.8 Å². The SMILES string of the molecule is CC1(c2ccc(O)cc2)COc2cc(O)ccc2C1c1ccc(OCCCCCC(CCCC(F)(F)C(F)(F)F)C(=O)O)cc1. The highest BCUT2D eigenvalue weighted by Crippen LogP contribution is 2.51. The number of hydrogen-bond donors (Lipinski definition) is 3. The molecule has 0 spiro atoms. The van der Waals surface area contributed by atoms with Crippen molar-refractivity contribution in [2.45, 2.75) is 75.3 Å². The molecule has 0 aliphatic carbocycles. The van der Waals surface area contributed by atoms with Gasteiger partial charge in [-0.25, -0.2) is 0 Å². The maximum Gasteiger partial charge on any atom is 0.453 e. The molecule has 0 amide bonds. The minimum absolute atomic E-state index is 0.105. The van der Waals surface area contributed by atoms with Crippen molar-refractivity contribution < 1.29 is 51.5 Å². The number of alkyl halides is 5. The molecular weight excluding hydrogens is 599 g/mol. The normalized spacial score (nSPS) is 18.9. The standard InChI is InChI=1S/C34H37F5O6/c1-32(24-10-12-25(40)13-11-24)21-45-29-20-26(41)14-17-28(29)30(32)22-8-15-27(16-9-22)44-19-4-2-3-6-23(31(42)43)7-5-18-33(35,36)34(37,38)39/h8-17,20,23,30,40-41H,2-7,18-19,21H2,1H3,(H,42,43). The molecule has 1 aliphatic heterocycles. The van der Waals surface area contributed by atoms with Gasteiger partial charge in [-0.15, -0.1) is 0 Å². The van der Waals surface area contributed by atoms with Crippen molar-refractivity contribution in [2.24, 2.45) is 5.92 Å². The Labute approximate surface area is 258 Å². The van der Waals surface area contributed by atoms with E-state index in [1.165, 1.54) is 0 Å². The van der Waals surface area contributed by atoms with Crippen molar-refractivity contribution >= 4 is 5.97 Å². The fourth-order valence-corrected chi connectivity index (χ4v) is 5.90. The van der Waals surface area contributed by atoms with Gasteiger partial charge in [0.2, 0.25) is 0 Å². The fourth-order valence-electron chi connectivity index (χ4n) is 5.90. The summed E-state index contributed by atoms with van der Waals surface area (Å²) in [5.74, 6) is -5.64. The number of phenolic OH excluding ortho intramolecular Hbond substituents is 2. The maximum absolute atomic E-state index is 13.1. The van der Waals surface area contributed by atoms with Gasteiger partial charge in [0.1, 0.15) is 23.0 Å². The summed E-state index contributed by atoms with van der Waals surface area (Å²) in [5.41, 5.74) is 2.40. The van der Waals surface area contributed by atoms with E-state index in [1.807, 2.05) is 42.5 Å². The number of carboxylic acid groups (broad SMARTS) is 1. The number of hydrogen-bond acceptors (Lipinski definition) is 5. The molecule has 3 N–H and O–H groups in total. The molecule has 0 saturated heterocycles. The summed E-state index contributed by atoms with van der Waals surface area (Å²) in [6.07, 6.45) is -5.95. The molecule has 0 aromatic heterocycles. The van der Waals surface area contributed by atoms with E-state index in [4.69, 9.17) is 9.47 Å². The fraction of sp³-hybridized carbons (Fsp3) is 0.441. The molecule has 0 radical (unpaired) electrons. The number of unbranched alkanes of at least 4 members (excludes halogenated alkanes) is 2. The molecule has 1 aliphatic rings. The number of ether oxygens (including phenoxy) is 2. The molecule has 11 heteroatoms. The van der Waals surface area contributed by atoms with Gasteiger partial charge in [-0.05, 0) is 67.1 Å². The van der Waals surface area contributed by atoms with E-state index in [0.29, 0.717) is 44.0 Å². The average Bonchev–Trinajstić information content (AvgIpc) is 2.98. The second-order valence-corrected chi connectivity index (χ2v) is 11.8. The first-order valence-electron chi connectivity index (χ1n) is 14.9. The van der Waals surface area contributed by atoms with Crippen LogP contribution in [0.25, 0.3) is 0 Å². The minimum Gasteiger partial charge on any atom is -0.508 e. The lowest BCUT2D eigenvalue weighted by Gasteiger charge is -2.43. The molecule has 3 atom stereocenters. The van der Waals surface area contributed by atoms with Crippen molar-refractivity contribution in [2.75, 3.05) is 13.2 Å². The van der Waals surface area contributed by atoms with Crippen LogP contribution in [0.15, 0.2) is 66.7 Å². The lowest BCUT2D eigenvalue weighted by atomic mass is 9.65. The van der Waals surface area contributed by atoms with Gasteiger partial charge in [0.15, 0.2) is 0 Å². The highest BCUT2D eigenvalue weighted by molar-refractivity contribution is 5.69. The van der Waals surface area contributed by atoms with Crippen LogP contribution in [-0.2, 0) is 10.2 Å². The number of rotatable bonds is 14. The second-order valence-electron chi connectivity index (χ2n) is 11.8. The van der Waals surface area contributed by atoms with Gasteiger partial charge >= 0.3 is 18.1 Å². The molecule has 6 nitrogen and oxygen atoms in total. The molecule has 3 aromatic carbocycles. The lowest BCUT2D eigenvalue weighted by Crippen LogP contribution is -2.40. The summed E-state index contributed by atoms with van der Waals surface area (Å²) in [5, 5.41) is 29.2. The molecule has 0 saturated carbocycles. The Kier molecular flexibility index (Phi) is 10.5. The summed E-state index contributed by atoms with van der Waals surface area (Å²) in [7, 11) is 0. The zero-order valence-electron chi connectivity index (χ0n) is 24.8. The summed E-state index contributed by atoms with van der Waals surface area (Å²) in [4.78, 5) is 11.5. The van der Waals surface area contributed by atoms with E-state index in [2.05, 4.69) is 6.92 Å². The van der Waals surface area contributed by atoms with Crippen LogP contribution in [0.5, 0.6) is 23.0 Å². The zero-order chi connectivity index (χ0) is 32.8. The van der Waals surface area contributed by atoms with Crippen LogP contribution >= 0.6 is 0 Å². The van der Waals surface area contributed by atoms with Crippen LogP contribution in [0.1, 0.15) is 74.5 Å². The van der Waals surface area contributed by atoms with E-state index in [1.54, 1.807) is 24.3 Å². The molecule has 0 fully saturated rings. The molecule has 1 heterocycles. The maximum atomic E-state index is 13.1. The molecule has 3 aromatic rings. The Morgan fingerprint density at radius 3 is 2.20 bits per heavy atom. The van der Waals surface area contributed by atoms with Gasteiger partial charge in [-0.1, -0.05) is 50.1 Å². The average molecular weight is 637 g/mol. The first kappa shape index (κ1) is 33.9. The van der Waals surface area contributed by atoms with Crippen LogP contribution in [0.2, 0.25) is 0 Å². The summed E-state index contributed by atoms with van der Waals surface area (Å²) < 4.78 is 75.2. The molecule has 244 valence electrons. The molecule has 3 unspecified atom stereocenters. The van der Waals surface area contributed by atoms with E-state index in [9.17, 15) is 42.1 Å². The Morgan fingerprint density at radius 1 is 0.911 bits per heavy atom. The third-order valence-corrected chi connectivity index (χ3v) is 8.49. The van der Waals surface area contributed by atoms with Crippen molar-refractivity contribution in [3.05, 3.63) is 83.4 Å². The van der Waals surface area contributed by atoms with Crippen LogP contribution < -0.4 is 9.47 Å². The van der Waals surface area contributed by atoms with Crippen molar-refractivity contribution in [3.63, 3.8) is 0 Å². The van der Waals surface area contributed by atoms with E-state index < -0.39 is 42.2 Å². The van der Waals surface area contributed by atoms with Gasteiger partial charge in [-0.2, -0.15) is 22.0 Å². The van der Waals surface area contributed by atoms with E-state index in [0.717, 1.165) is 16.7 Å². The van der Waals surface area contributed by atoms with Crippen LogP contribution in [0, 0.1) is 5.92 Å². The summed E-state index contributed by atoms with van der Waals surface area (Å²) in [6, 6.07) is 19.8. The Hall–Kier alpha value is -4.02. The first-order chi connectivity index (χ1) is 21.2. The third kappa shape index (κ3) is 8.18. The summed E-state index contributed by atoms with van der Waals surface area (Å²) in [6.45, 7) is 2.80. The van der Waals surface area contributed by atoms with Gasteiger partial charge in [0.05, 0.1) is 19.1 Å². The quantitative estimate of drug-likeness (QED) is 0.121. The number of benzene rings is 3. The minimum atomic E-state index is -5.64. The number of carboxylic acids is 1. The van der Waals surface area contributed by atoms with E-state index in [-0.39, 0.29) is 30.3 Å². The second kappa shape index (κ2) is 14.0. The Morgan fingerprint density at radius 2 is 1.56 bits per heavy atom. The number of phenols is 2. The lowest BCUT2D eigenvalue weighted by molar-refractivity contribution is -0.284. The molecule has 0 bridgehead atoms.